The number of H-pyrrole nitrogens is 1. The first-order valence-corrected chi connectivity index (χ1v) is 11.9. The summed E-state index contributed by atoms with van der Waals surface area (Å²) in [5, 5.41) is 22.6. The quantitative estimate of drug-likeness (QED) is 0.475. The zero-order valence-corrected chi connectivity index (χ0v) is 19.3. The molecule has 3 N–H and O–H groups in total. The molecule has 10 heteroatoms. The van der Waals surface area contributed by atoms with Gasteiger partial charge in [-0.25, -0.2) is 9.78 Å². The summed E-state index contributed by atoms with van der Waals surface area (Å²) < 4.78 is 2.32. The number of aliphatic hydroxyl groups is 2. The third-order valence-corrected chi connectivity index (χ3v) is 7.52. The van der Waals surface area contributed by atoms with Gasteiger partial charge in [0.15, 0.2) is 0 Å². The van der Waals surface area contributed by atoms with Crippen LogP contribution in [-0.4, -0.2) is 60.3 Å². The lowest BCUT2D eigenvalue weighted by atomic mass is 9.79. The lowest BCUT2D eigenvalue weighted by Gasteiger charge is -2.43. The Morgan fingerprint density at radius 2 is 2.12 bits per heavy atom. The van der Waals surface area contributed by atoms with E-state index in [9.17, 15) is 24.6 Å². The highest BCUT2D eigenvalue weighted by atomic mass is 32.1. The van der Waals surface area contributed by atoms with Gasteiger partial charge in [0, 0.05) is 31.8 Å². The number of carbonyl (C=O) groups is 1. The van der Waals surface area contributed by atoms with Crippen molar-refractivity contribution in [2.45, 2.75) is 62.8 Å². The topological polar surface area (TPSA) is 129 Å². The molecule has 0 bridgehead atoms. The number of para-hydroxylation sites is 1. The first-order valence-electron chi connectivity index (χ1n) is 11.1. The number of hydrogen-bond acceptors (Lipinski definition) is 7. The minimum Gasteiger partial charge on any atom is -0.390 e. The fraction of sp³-hybridized carbons (Fsp3) is 0.478. The molecule has 0 radical (unpaired) electrons. The monoisotopic (exact) mass is 472 g/mol. The number of rotatable bonds is 7. The Bertz CT molecular complexity index is 1220. The van der Waals surface area contributed by atoms with Gasteiger partial charge in [0.25, 0.3) is 5.56 Å². The molecule has 1 fully saturated rings. The average molecular weight is 473 g/mol. The van der Waals surface area contributed by atoms with Gasteiger partial charge in [0.05, 0.1) is 27.9 Å². The number of nitrogens with one attached hydrogen (secondary N) is 1. The third kappa shape index (κ3) is 5.23. The highest BCUT2D eigenvalue weighted by Gasteiger charge is 2.43. The van der Waals surface area contributed by atoms with E-state index in [-0.39, 0.29) is 31.3 Å². The van der Waals surface area contributed by atoms with Gasteiger partial charge in [-0.3, -0.25) is 19.1 Å². The molecule has 176 valence electrons. The van der Waals surface area contributed by atoms with E-state index in [1.54, 1.807) is 23.3 Å². The zero-order chi connectivity index (χ0) is 23.6. The number of aryl methyl sites for hydroxylation is 1. The molecular formula is C23H28N4O5S. The molecule has 0 unspecified atom stereocenters. The predicted octanol–water partition coefficient (Wildman–Crippen LogP) is 1.27. The summed E-state index contributed by atoms with van der Waals surface area (Å²) in [7, 11) is 1.73. The molecule has 2 aromatic heterocycles. The summed E-state index contributed by atoms with van der Waals surface area (Å²) in [6.45, 7) is -0.129. The Labute approximate surface area is 194 Å². The van der Waals surface area contributed by atoms with E-state index in [1.807, 2.05) is 24.3 Å². The van der Waals surface area contributed by atoms with Crippen LogP contribution in [0.3, 0.4) is 0 Å². The van der Waals surface area contributed by atoms with E-state index in [0.717, 1.165) is 21.6 Å². The van der Waals surface area contributed by atoms with Crippen LogP contribution in [0.25, 0.3) is 10.2 Å². The number of carbonyl (C=O) groups excluding carboxylic acids is 1. The molecule has 3 atom stereocenters. The van der Waals surface area contributed by atoms with Crippen LogP contribution in [0.15, 0.2) is 46.1 Å². The number of hydrogen-bond donors (Lipinski definition) is 3. The summed E-state index contributed by atoms with van der Waals surface area (Å²) in [5.41, 5.74) is -1.68. The second-order valence-corrected chi connectivity index (χ2v) is 9.83. The standard InChI is InChI=1S/C23H28N4O5S/c1-26(21(30)8-4-7-20-24-16-5-2-3-6-17(16)33-20)15-9-11-23(32,18(28)13-15)14-27-12-10-19(29)25-22(27)31/h2-3,5-6,10,12,15,18,28,32H,4,7-9,11,13-14H2,1H3,(H,25,29,31)/t15-,18+,23+/m0/s1. The average Bonchev–Trinajstić information content (AvgIpc) is 3.20. The van der Waals surface area contributed by atoms with Gasteiger partial charge in [-0.05, 0) is 44.2 Å². The Morgan fingerprint density at radius 3 is 2.85 bits per heavy atom. The molecule has 1 amide bonds. The fourth-order valence-corrected chi connectivity index (χ4v) is 5.38. The SMILES string of the molecule is CN(C(=O)CCCc1nc2ccccc2s1)[C@H]1CC[C@@](O)(Cn2ccc(=O)[nH]c2=O)[C@H](O)C1. The van der Waals surface area contributed by atoms with Gasteiger partial charge in [0.2, 0.25) is 5.91 Å². The van der Waals surface area contributed by atoms with Crippen LogP contribution < -0.4 is 11.2 Å². The lowest BCUT2D eigenvalue weighted by molar-refractivity contribution is -0.143. The van der Waals surface area contributed by atoms with Crippen LogP contribution in [0.2, 0.25) is 0 Å². The van der Waals surface area contributed by atoms with Gasteiger partial charge in [-0.2, -0.15) is 0 Å². The van der Waals surface area contributed by atoms with Crippen LogP contribution in [0.5, 0.6) is 0 Å². The van der Waals surface area contributed by atoms with Crippen molar-refractivity contribution in [2.75, 3.05) is 7.05 Å². The molecule has 1 aliphatic carbocycles. The molecule has 33 heavy (non-hydrogen) atoms. The van der Waals surface area contributed by atoms with E-state index in [1.165, 1.54) is 16.8 Å². The van der Waals surface area contributed by atoms with Gasteiger partial charge in [0.1, 0.15) is 5.60 Å². The van der Waals surface area contributed by atoms with Crippen molar-refractivity contribution in [3.05, 3.63) is 62.4 Å². The van der Waals surface area contributed by atoms with E-state index in [2.05, 4.69) is 9.97 Å². The fourth-order valence-electron chi connectivity index (χ4n) is 4.38. The first-order chi connectivity index (χ1) is 15.7. The number of nitrogens with zero attached hydrogens (tertiary/aromatic N) is 3. The molecule has 1 saturated carbocycles. The number of aromatic amines is 1. The molecule has 0 spiro atoms. The maximum absolute atomic E-state index is 12.7. The van der Waals surface area contributed by atoms with Crippen molar-refractivity contribution < 1.29 is 15.0 Å². The van der Waals surface area contributed by atoms with Crippen molar-refractivity contribution in [2.24, 2.45) is 0 Å². The van der Waals surface area contributed by atoms with Gasteiger partial charge < -0.3 is 15.1 Å². The van der Waals surface area contributed by atoms with Crippen LogP contribution >= 0.6 is 11.3 Å². The van der Waals surface area contributed by atoms with Crippen molar-refractivity contribution in [3.63, 3.8) is 0 Å². The van der Waals surface area contributed by atoms with Crippen molar-refractivity contribution in [1.82, 2.24) is 19.4 Å². The zero-order valence-electron chi connectivity index (χ0n) is 18.4. The predicted molar refractivity (Wildman–Crippen MR) is 125 cm³/mol. The largest absolute Gasteiger partial charge is 0.390 e. The highest BCUT2D eigenvalue weighted by molar-refractivity contribution is 7.18. The van der Waals surface area contributed by atoms with Crippen molar-refractivity contribution in [3.8, 4) is 0 Å². The number of benzene rings is 1. The molecule has 3 aromatic rings. The summed E-state index contributed by atoms with van der Waals surface area (Å²) in [6, 6.07) is 8.98. The molecule has 2 heterocycles. The second kappa shape index (κ2) is 9.58. The highest BCUT2D eigenvalue weighted by Crippen LogP contribution is 2.32. The Balaban J connectivity index is 1.29. The van der Waals surface area contributed by atoms with Crippen LogP contribution in [0, 0.1) is 0 Å². The Hall–Kier alpha value is -2.82. The molecule has 4 rings (SSSR count). The summed E-state index contributed by atoms with van der Waals surface area (Å²) >= 11 is 1.65. The summed E-state index contributed by atoms with van der Waals surface area (Å²) in [4.78, 5) is 44.3. The summed E-state index contributed by atoms with van der Waals surface area (Å²) in [5.74, 6) is -0.00407. The van der Waals surface area contributed by atoms with Gasteiger partial charge >= 0.3 is 5.69 Å². The van der Waals surface area contributed by atoms with E-state index in [4.69, 9.17) is 0 Å². The molecule has 1 aromatic carbocycles. The van der Waals surface area contributed by atoms with E-state index >= 15 is 0 Å². The Kier molecular flexibility index (Phi) is 6.78. The van der Waals surface area contributed by atoms with Crippen LogP contribution in [0.4, 0.5) is 0 Å². The smallest absolute Gasteiger partial charge is 0.328 e. The van der Waals surface area contributed by atoms with Crippen molar-refractivity contribution >= 4 is 27.5 Å². The number of amides is 1. The maximum Gasteiger partial charge on any atom is 0.328 e. The van der Waals surface area contributed by atoms with Gasteiger partial charge in [-0.1, -0.05) is 12.1 Å². The molecule has 0 aliphatic heterocycles. The molecule has 9 nitrogen and oxygen atoms in total. The minimum atomic E-state index is -1.50. The normalized spacial score (nSPS) is 23.0. The van der Waals surface area contributed by atoms with Gasteiger partial charge in [-0.15, -0.1) is 11.3 Å². The number of fused-ring (bicyclic) bond motifs is 1. The van der Waals surface area contributed by atoms with Crippen LogP contribution in [-0.2, 0) is 17.8 Å². The number of thiazole rings is 1. The van der Waals surface area contributed by atoms with E-state index in [0.29, 0.717) is 19.3 Å². The molecular weight excluding hydrogens is 444 g/mol. The first kappa shape index (κ1) is 23.3. The number of aliphatic hydroxyl groups excluding tert-OH is 1. The minimum absolute atomic E-state index is 0.00407. The molecule has 0 saturated heterocycles. The van der Waals surface area contributed by atoms with Crippen molar-refractivity contribution in [1.29, 1.82) is 0 Å². The third-order valence-electron chi connectivity index (χ3n) is 6.43. The summed E-state index contributed by atoms with van der Waals surface area (Å²) in [6.07, 6.45) is 2.97. The lowest BCUT2D eigenvalue weighted by Crippen LogP contribution is -2.55. The maximum atomic E-state index is 12.7. The number of aromatic nitrogens is 3. The van der Waals surface area contributed by atoms with E-state index < -0.39 is 23.0 Å². The Morgan fingerprint density at radius 1 is 1.33 bits per heavy atom. The second-order valence-electron chi connectivity index (χ2n) is 8.72. The van der Waals surface area contributed by atoms with Crippen LogP contribution in [0.1, 0.15) is 37.1 Å². The molecule has 1 aliphatic rings.